The van der Waals surface area contributed by atoms with Crippen molar-refractivity contribution >= 4 is 55.5 Å². The summed E-state index contributed by atoms with van der Waals surface area (Å²) in [6.07, 6.45) is 0. The molecule has 146 valence electrons. The number of nitro benzene ring substituents is 1. The normalized spacial score (nSPS) is 10.8. The third-order valence-corrected chi connectivity index (χ3v) is 6.06. The second-order valence-corrected chi connectivity index (χ2v) is 8.73. The molecule has 9 nitrogen and oxygen atoms in total. The number of benzene rings is 2. The van der Waals surface area contributed by atoms with E-state index in [0.717, 1.165) is 14.5 Å². The number of nitro groups is 1. The van der Waals surface area contributed by atoms with Crippen LogP contribution in [0.2, 0.25) is 0 Å². The molecule has 0 fully saturated rings. The van der Waals surface area contributed by atoms with Crippen LogP contribution in [0.15, 0.2) is 61.9 Å². The Bertz CT molecular complexity index is 1150. The standard InChI is InChI=1S/C17H11BrN6O3S2/c18-11-2-1-3-12(8-11)19-16-21-22-17(29-16)28-9-14-20-15(23-27-14)10-4-6-13(7-5-10)24(25)26/h1-8H,9H2,(H,19,21). The van der Waals surface area contributed by atoms with Crippen LogP contribution in [-0.4, -0.2) is 25.3 Å². The lowest BCUT2D eigenvalue weighted by Crippen LogP contribution is -1.88. The van der Waals surface area contributed by atoms with Crippen LogP contribution in [0.4, 0.5) is 16.5 Å². The Morgan fingerprint density at radius 3 is 2.79 bits per heavy atom. The molecule has 1 N–H and O–H groups in total. The highest BCUT2D eigenvalue weighted by atomic mass is 79.9. The molecular weight excluding hydrogens is 480 g/mol. The van der Waals surface area contributed by atoms with Crippen LogP contribution < -0.4 is 5.32 Å². The van der Waals surface area contributed by atoms with Crippen molar-refractivity contribution < 1.29 is 9.45 Å². The average Bonchev–Trinajstić information content (AvgIpc) is 3.36. The summed E-state index contributed by atoms with van der Waals surface area (Å²) in [5.41, 5.74) is 1.57. The van der Waals surface area contributed by atoms with Gasteiger partial charge in [-0.15, -0.1) is 10.2 Å². The van der Waals surface area contributed by atoms with E-state index < -0.39 is 4.92 Å². The van der Waals surface area contributed by atoms with Crippen molar-refractivity contribution in [3.8, 4) is 11.4 Å². The van der Waals surface area contributed by atoms with Crippen LogP contribution in [0.3, 0.4) is 0 Å². The largest absolute Gasteiger partial charge is 0.338 e. The highest BCUT2D eigenvalue weighted by Gasteiger charge is 2.13. The molecule has 0 radical (unpaired) electrons. The summed E-state index contributed by atoms with van der Waals surface area (Å²) in [5, 5.41) is 26.8. The van der Waals surface area contributed by atoms with Crippen LogP contribution in [0, 0.1) is 10.1 Å². The van der Waals surface area contributed by atoms with Crippen LogP contribution in [0.5, 0.6) is 0 Å². The molecule has 0 saturated carbocycles. The molecule has 0 saturated heterocycles. The molecule has 0 aliphatic rings. The van der Waals surface area contributed by atoms with Gasteiger partial charge in [-0.1, -0.05) is 50.3 Å². The first-order chi connectivity index (χ1) is 14.1. The van der Waals surface area contributed by atoms with E-state index in [4.69, 9.17) is 4.52 Å². The number of hydrogen-bond donors (Lipinski definition) is 1. The highest BCUT2D eigenvalue weighted by molar-refractivity contribution is 9.10. The first-order valence-electron chi connectivity index (χ1n) is 8.13. The van der Waals surface area contributed by atoms with Gasteiger partial charge in [0.25, 0.3) is 5.69 Å². The van der Waals surface area contributed by atoms with Crippen LogP contribution >= 0.6 is 39.0 Å². The molecule has 0 aliphatic heterocycles. The Balaban J connectivity index is 1.36. The topological polar surface area (TPSA) is 120 Å². The van der Waals surface area contributed by atoms with Crippen molar-refractivity contribution in [1.29, 1.82) is 0 Å². The molecule has 2 aromatic carbocycles. The van der Waals surface area contributed by atoms with Crippen molar-refractivity contribution in [3.05, 3.63) is 69.0 Å². The summed E-state index contributed by atoms with van der Waals surface area (Å²) >= 11 is 6.28. The summed E-state index contributed by atoms with van der Waals surface area (Å²) in [7, 11) is 0. The lowest BCUT2D eigenvalue weighted by Gasteiger charge is -2.01. The molecule has 0 unspecified atom stereocenters. The molecule has 2 aromatic heterocycles. The number of thioether (sulfide) groups is 1. The molecule has 0 aliphatic carbocycles. The van der Waals surface area contributed by atoms with Crippen molar-refractivity contribution in [1.82, 2.24) is 20.3 Å². The molecular formula is C17H11BrN6O3S2. The van der Waals surface area contributed by atoms with Gasteiger partial charge in [0.15, 0.2) is 4.34 Å². The lowest BCUT2D eigenvalue weighted by molar-refractivity contribution is -0.384. The van der Waals surface area contributed by atoms with E-state index in [2.05, 4.69) is 41.6 Å². The summed E-state index contributed by atoms with van der Waals surface area (Å²) in [6.45, 7) is 0. The predicted octanol–water partition coefficient (Wildman–Crippen LogP) is 5.29. The molecule has 29 heavy (non-hydrogen) atoms. The number of halogens is 1. The van der Waals surface area contributed by atoms with Gasteiger partial charge in [-0.05, 0) is 30.3 Å². The minimum Gasteiger partial charge on any atom is -0.338 e. The fraction of sp³-hybridized carbons (Fsp3) is 0.0588. The SMILES string of the molecule is O=[N+]([O-])c1ccc(-c2noc(CSc3nnc(Nc4cccc(Br)c4)s3)n2)cc1. The average molecular weight is 491 g/mol. The minimum absolute atomic E-state index is 0.0107. The van der Waals surface area contributed by atoms with Crippen LogP contribution in [0.25, 0.3) is 11.4 Å². The molecule has 4 rings (SSSR count). The maximum Gasteiger partial charge on any atom is 0.269 e. The first kappa shape index (κ1) is 19.5. The molecule has 0 atom stereocenters. The second kappa shape index (κ2) is 8.68. The number of aromatic nitrogens is 4. The second-order valence-electron chi connectivity index (χ2n) is 5.61. The third-order valence-electron chi connectivity index (χ3n) is 3.61. The number of rotatable bonds is 7. The summed E-state index contributed by atoms with van der Waals surface area (Å²) in [5.74, 6) is 1.25. The van der Waals surface area contributed by atoms with E-state index in [1.807, 2.05) is 24.3 Å². The van der Waals surface area contributed by atoms with E-state index in [-0.39, 0.29) is 5.69 Å². The molecule has 4 aromatic rings. The monoisotopic (exact) mass is 490 g/mol. The Labute approximate surface area is 180 Å². The zero-order valence-corrected chi connectivity index (χ0v) is 17.7. The Morgan fingerprint density at radius 1 is 1.21 bits per heavy atom. The molecule has 12 heteroatoms. The van der Waals surface area contributed by atoms with Crippen LogP contribution in [0.1, 0.15) is 5.89 Å². The Hall–Kier alpha value is -2.83. The summed E-state index contributed by atoms with van der Waals surface area (Å²) < 4.78 is 6.99. The molecule has 0 spiro atoms. The number of nitrogens with one attached hydrogen (secondary N) is 1. The lowest BCUT2D eigenvalue weighted by atomic mass is 10.2. The van der Waals surface area contributed by atoms with Crippen molar-refractivity contribution in [2.45, 2.75) is 10.1 Å². The van der Waals surface area contributed by atoms with E-state index in [1.165, 1.54) is 35.2 Å². The first-order valence-corrected chi connectivity index (χ1v) is 10.7. The van der Waals surface area contributed by atoms with E-state index >= 15 is 0 Å². The maximum absolute atomic E-state index is 10.7. The fourth-order valence-corrected chi connectivity index (χ4v) is 4.30. The number of anilines is 2. The summed E-state index contributed by atoms with van der Waals surface area (Å²) in [4.78, 5) is 14.6. The van der Waals surface area contributed by atoms with Gasteiger partial charge in [-0.3, -0.25) is 10.1 Å². The zero-order valence-electron chi connectivity index (χ0n) is 14.5. The van der Waals surface area contributed by atoms with Gasteiger partial charge in [0, 0.05) is 27.9 Å². The van der Waals surface area contributed by atoms with Gasteiger partial charge >= 0.3 is 0 Å². The number of nitrogens with zero attached hydrogens (tertiary/aromatic N) is 5. The predicted molar refractivity (Wildman–Crippen MR) is 113 cm³/mol. The van der Waals surface area contributed by atoms with Gasteiger partial charge in [0.05, 0.1) is 10.7 Å². The quantitative estimate of drug-likeness (QED) is 0.209. The maximum atomic E-state index is 10.7. The highest BCUT2D eigenvalue weighted by Crippen LogP contribution is 2.30. The van der Waals surface area contributed by atoms with Crippen molar-refractivity contribution in [2.75, 3.05) is 5.32 Å². The third kappa shape index (κ3) is 4.96. The Kier molecular flexibility index (Phi) is 5.83. The number of non-ortho nitro benzene ring substituents is 1. The van der Waals surface area contributed by atoms with Crippen molar-refractivity contribution in [2.24, 2.45) is 0 Å². The van der Waals surface area contributed by atoms with Gasteiger partial charge in [0.2, 0.25) is 16.8 Å². The molecule has 0 amide bonds. The minimum atomic E-state index is -0.454. The van der Waals surface area contributed by atoms with E-state index in [9.17, 15) is 10.1 Å². The summed E-state index contributed by atoms with van der Waals surface area (Å²) in [6, 6.07) is 13.8. The molecule has 0 bridgehead atoms. The van der Waals surface area contributed by atoms with Crippen molar-refractivity contribution in [3.63, 3.8) is 0 Å². The molecule has 2 heterocycles. The smallest absolute Gasteiger partial charge is 0.269 e. The van der Waals surface area contributed by atoms with Gasteiger partial charge < -0.3 is 9.84 Å². The van der Waals surface area contributed by atoms with E-state index in [0.29, 0.717) is 28.2 Å². The van der Waals surface area contributed by atoms with Crippen LogP contribution in [-0.2, 0) is 5.75 Å². The number of hydrogen-bond acceptors (Lipinski definition) is 10. The van der Waals surface area contributed by atoms with Gasteiger partial charge in [-0.25, -0.2) is 0 Å². The van der Waals surface area contributed by atoms with Gasteiger partial charge in [0.1, 0.15) is 0 Å². The van der Waals surface area contributed by atoms with E-state index in [1.54, 1.807) is 12.1 Å². The zero-order chi connectivity index (χ0) is 20.2. The fourth-order valence-electron chi connectivity index (χ4n) is 2.29. The Morgan fingerprint density at radius 2 is 2.03 bits per heavy atom. The van der Waals surface area contributed by atoms with Gasteiger partial charge in [-0.2, -0.15) is 4.98 Å².